The zero-order valence-corrected chi connectivity index (χ0v) is 7.15. The summed E-state index contributed by atoms with van der Waals surface area (Å²) in [5.41, 5.74) is 0. The van der Waals surface area contributed by atoms with Gasteiger partial charge in [0.2, 0.25) is 0 Å². The predicted molar refractivity (Wildman–Crippen MR) is 41.8 cm³/mol. The molecule has 1 rings (SSSR count). The molecular formula is C7H13BrO. The second-order valence-electron chi connectivity index (χ2n) is 2.87. The van der Waals surface area contributed by atoms with Gasteiger partial charge in [-0.2, -0.15) is 0 Å². The molecule has 0 aromatic heterocycles. The van der Waals surface area contributed by atoms with Gasteiger partial charge >= 0.3 is 0 Å². The number of aliphatic hydroxyl groups excluding tert-OH is 1. The van der Waals surface area contributed by atoms with Gasteiger partial charge in [0.05, 0.1) is 6.61 Å². The molecule has 9 heavy (non-hydrogen) atoms. The normalized spacial score (nSPS) is 26.0. The average Bonchev–Trinajstić information content (AvgIpc) is 1.90. The van der Waals surface area contributed by atoms with Gasteiger partial charge in [-0.3, -0.25) is 0 Å². The van der Waals surface area contributed by atoms with Crippen LogP contribution in [0.1, 0.15) is 32.1 Å². The summed E-state index contributed by atoms with van der Waals surface area (Å²) < 4.78 is 0.0885. The molecule has 0 amide bonds. The van der Waals surface area contributed by atoms with E-state index in [1.807, 2.05) is 0 Å². The topological polar surface area (TPSA) is 20.2 Å². The van der Waals surface area contributed by atoms with Crippen LogP contribution in [0.3, 0.4) is 0 Å². The smallest absolute Gasteiger partial charge is 0.0584 e. The molecule has 0 bridgehead atoms. The first-order valence-electron chi connectivity index (χ1n) is 3.57. The SMILES string of the molecule is OCC1(Br)CCCCC1. The molecule has 1 N–H and O–H groups in total. The molecule has 1 aliphatic carbocycles. The Labute approximate surface area is 64.6 Å². The number of hydrogen-bond acceptors (Lipinski definition) is 1. The van der Waals surface area contributed by atoms with Crippen molar-refractivity contribution in [1.82, 2.24) is 0 Å². The molecule has 0 aromatic carbocycles. The molecule has 2 heteroatoms. The first-order chi connectivity index (χ1) is 4.27. The Hall–Kier alpha value is 0.440. The van der Waals surface area contributed by atoms with Crippen molar-refractivity contribution in [3.63, 3.8) is 0 Å². The zero-order chi connectivity index (χ0) is 6.74. The summed E-state index contributed by atoms with van der Waals surface area (Å²) in [6.45, 7) is 0.299. The average molecular weight is 193 g/mol. The molecule has 0 aromatic rings. The van der Waals surface area contributed by atoms with Crippen LogP contribution >= 0.6 is 15.9 Å². The van der Waals surface area contributed by atoms with E-state index in [9.17, 15) is 0 Å². The van der Waals surface area contributed by atoms with Crippen LogP contribution in [-0.2, 0) is 0 Å². The van der Waals surface area contributed by atoms with Gasteiger partial charge in [0, 0.05) is 4.32 Å². The lowest BCUT2D eigenvalue weighted by molar-refractivity contribution is 0.218. The maximum absolute atomic E-state index is 8.90. The zero-order valence-electron chi connectivity index (χ0n) is 5.57. The molecule has 54 valence electrons. The molecule has 1 saturated carbocycles. The van der Waals surface area contributed by atoms with Gasteiger partial charge in [-0.1, -0.05) is 35.2 Å². The highest BCUT2D eigenvalue weighted by Gasteiger charge is 2.27. The van der Waals surface area contributed by atoms with E-state index in [4.69, 9.17) is 5.11 Å². The second-order valence-corrected chi connectivity index (χ2v) is 4.55. The van der Waals surface area contributed by atoms with Gasteiger partial charge in [-0.15, -0.1) is 0 Å². The maximum Gasteiger partial charge on any atom is 0.0584 e. The van der Waals surface area contributed by atoms with Gasteiger partial charge < -0.3 is 5.11 Å². The quantitative estimate of drug-likeness (QED) is 0.632. The first-order valence-corrected chi connectivity index (χ1v) is 4.36. The largest absolute Gasteiger partial charge is 0.395 e. The maximum atomic E-state index is 8.90. The molecule has 0 aliphatic heterocycles. The summed E-state index contributed by atoms with van der Waals surface area (Å²) in [4.78, 5) is 0. The van der Waals surface area contributed by atoms with E-state index < -0.39 is 0 Å². The number of rotatable bonds is 1. The standard InChI is InChI=1S/C7H13BrO/c8-7(6-9)4-2-1-3-5-7/h9H,1-6H2. The first kappa shape index (κ1) is 7.55. The van der Waals surface area contributed by atoms with Gasteiger partial charge in [0.1, 0.15) is 0 Å². The lowest BCUT2D eigenvalue weighted by Crippen LogP contribution is -2.28. The number of alkyl halides is 1. The molecule has 1 nitrogen and oxygen atoms in total. The lowest BCUT2D eigenvalue weighted by atomic mass is 9.90. The third-order valence-corrected chi connectivity index (χ3v) is 3.08. The summed E-state index contributed by atoms with van der Waals surface area (Å²) in [5.74, 6) is 0. The lowest BCUT2D eigenvalue weighted by Gasteiger charge is -2.28. The Kier molecular flexibility index (Phi) is 2.53. The van der Waals surface area contributed by atoms with Crippen LogP contribution in [0.25, 0.3) is 0 Å². The summed E-state index contributed by atoms with van der Waals surface area (Å²) in [6.07, 6.45) is 6.16. The minimum Gasteiger partial charge on any atom is -0.395 e. The number of hydrogen-bond donors (Lipinski definition) is 1. The minimum absolute atomic E-state index is 0.0885. The van der Waals surface area contributed by atoms with Crippen molar-refractivity contribution >= 4 is 15.9 Å². The summed E-state index contributed by atoms with van der Waals surface area (Å²) in [7, 11) is 0. The van der Waals surface area contributed by atoms with Crippen molar-refractivity contribution in [3.05, 3.63) is 0 Å². The van der Waals surface area contributed by atoms with Crippen molar-refractivity contribution in [1.29, 1.82) is 0 Å². The van der Waals surface area contributed by atoms with Crippen LogP contribution in [0.4, 0.5) is 0 Å². The molecule has 1 fully saturated rings. The van der Waals surface area contributed by atoms with Crippen LogP contribution < -0.4 is 0 Å². The molecule has 0 atom stereocenters. The molecular weight excluding hydrogens is 180 g/mol. The van der Waals surface area contributed by atoms with Gasteiger partial charge in [-0.05, 0) is 12.8 Å². The van der Waals surface area contributed by atoms with Crippen molar-refractivity contribution in [3.8, 4) is 0 Å². The van der Waals surface area contributed by atoms with Crippen molar-refractivity contribution < 1.29 is 5.11 Å². The fourth-order valence-corrected chi connectivity index (χ4v) is 1.90. The van der Waals surface area contributed by atoms with E-state index in [1.54, 1.807) is 0 Å². The Morgan fingerprint density at radius 1 is 1.22 bits per heavy atom. The van der Waals surface area contributed by atoms with Crippen LogP contribution in [0.2, 0.25) is 0 Å². The van der Waals surface area contributed by atoms with Gasteiger partial charge in [0.25, 0.3) is 0 Å². The summed E-state index contributed by atoms with van der Waals surface area (Å²) >= 11 is 3.54. The molecule has 0 unspecified atom stereocenters. The van der Waals surface area contributed by atoms with E-state index in [1.165, 1.54) is 19.3 Å². The molecule has 1 aliphatic rings. The Morgan fingerprint density at radius 2 is 1.78 bits per heavy atom. The fraction of sp³-hybridized carbons (Fsp3) is 1.00. The van der Waals surface area contributed by atoms with Crippen LogP contribution in [0.5, 0.6) is 0 Å². The molecule has 0 spiro atoms. The van der Waals surface area contributed by atoms with Crippen LogP contribution in [0.15, 0.2) is 0 Å². The number of halogens is 1. The van der Waals surface area contributed by atoms with E-state index in [0.29, 0.717) is 6.61 Å². The fourth-order valence-electron chi connectivity index (χ4n) is 1.34. The highest BCUT2D eigenvalue weighted by molar-refractivity contribution is 9.10. The van der Waals surface area contributed by atoms with Gasteiger partial charge in [-0.25, -0.2) is 0 Å². The van der Waals surface area contributed by atoms with Crippen molar-refractivity contribution in [2.45, 2.75) is 36.4 Å². The number of aliphatic hydroxyl groups is 1. The van der Waals surface area contributed by atoms with Crippen molar-refractivity contribution in [2.75, 3.05) is 6.61 Å². The third-order valence-electron chi connectivity index (χ3n) is 2.03. The third kappa shape index (κ3) is 1.94. The predicted octanol–water partition coefficient (Wildman–Crippen LogP) is 2.08. The second kappa shape index (κ2) is 3.02. The molecule has 0 radical (unpaired) electrons. The highest BCUT2D eigenvalue weighted by atomic mass is 79.9. The molecule has 0 heterocycles. The Balaban J connectivity index is 2.37. The van der Waals surface area contributed by atoms with Gasteiger partial charge in [0.15, 0.2) is 0 Å². The summed E-state index contributed by atoms with van der Waals surface area (Å²) in [5, 5.41) is 8.90. The van der Waals surface area contributed by atoms with E-state index in [2.05, 4.69) is 15.9 Å². The Morgan fingerprint density at radius 3 is 2.11 bits per heavy atom. The van der Waals surface area contributed by atoms with E-state index in [-0.39, 0.29) is 4.32 Å². The minimum atomic E-state index is 0.0885. The highest BCUT2D eigenvalue weighted by Crippen LogP contribution is 2.34. The van der Waals surface area contributed by atoms with E-state index in [0.717, 1.165) is 12.8 Å². The Bertz CT molecular complexity index is 86.9. The molecule has 0 saturated heterocycles. The monoisotopic (exact) mass is 192 g/mol. The van der Waals surface area contributed by atoms with Crippen molar-refractivity contribution in [2.24, 2.45) is 0 Å². The summed E-state index contributed by atoms with van der Waals surface area (Å²) in [6, 6.07) is 0. The van der Waals surface area contributed by atoms with E-state index >= 15 is 0 Å². The van der Waals surface area contributed by atoms with Crippen LogP contribution in [0, 0.1) is 0 Å². The van der Waals surface area contributed by atoms with Crippen LogP contribution in [-0.4, -0.2) is 16.0 Å².